The van der Waals surface area contributed by atoms with Gasteiger partial charge in [-0.2, -0.15) is 0 Å². The molecule has 0 unspecified atom stereocenters. The maximum atomic E-state index is 12.7. The number of benzene rings is 2. The number of piperazine rings is 1. The summed E-state index contributed by atoms with van der Waals surface area (Å²) in [6, 6.07) is 17.7. The lowest BCUT2D eigenvalue weighted by Crippen LogP contribution is -2.49. The first-order chi connectivity index (χ1) is 15.5. The molecule has 0 radical (unpaired) electrons. The van der Waals surface area contributed by atoms with Gasteiger partial charge < -0.3 is 19.9 Å². The van der Waals surface area contributed by atoms with Crippen LogP contribution in [0.25, 0.3) is 0 Å². The predicted octanol–water partition coefficient (Wildman–Crippen LogP) is 3.96. The van der Waals surface area contributed by atoms with Gasteiger partial charge in [0, 0.05) is 36.8 Å². The van der Waals surface area contributed by atoms with E-state index in [0.717, 1.165) is 5.82 Å². The van der Waals surface area contributed by atoms with Crippen LogP contribution in [0.1, 0.15) is 20.7 Å². The molecule has 0 spiro atoms. The molecule has 0 bridgehead atoms. The summed E-state index contributed by atoms with van der Waals surface area (Å²) in [5.74, 6) is 1.06. The van der Waals surface area contributed by atoms with Crippen LogP contribution in [0.15, 0.2) is 66.9 Å². The largest absolute Gasteiger partial charge is 0.496 e. The van der Waals surface area contributed by atoms with Crippen LogP contribution in [0, 0.1) is 0 Å². The van der Waals surface area contributed by atoms with E-state index in [4.69, 9.17) is 16.3 Å². The minimum absolute atomic E-state index is 0.00340. The van der Waals surface area contributed by atoms with Crippen molar-refractivity contribution in [2.75, 3.05) is 43.5 Å². The summed E-state index contributed by atoms with van der Waals surface area (Å²) >= 11 is 5.91. The highest BCUT2D eigenvalue weighted by atomic mass is 35.5. The quantitative estimate of drug-likeness (QED) is 0.636. The lowest BCUT2D eigenvalue weighted by Gasteiger charge is -2.35. The highest BCUT2D eigenvalue weighted by molar-refractivity contribution is 6.30. The van der Waals surface area contributed by atoms with Crippen LogP contribution in [-0.4, -0.2) is 55.0 Å². The van der Waals surface area contributed by atoms with Gasteiger partial charge in [-0.05, 0) is 48.5 Å². The van der Waals surface area contributed by atoms with Crippen LogP contribution in [0.2, 0.25) is 5.02 Å². The van der Waals surface area contributed by atoms with Gasteiger partial charge in [0.05, 0.1) is 24.6 Å². The van der Waals surface area contributed by atoms with Gasteiger partial charge in [0.2, 0.25) is 0 Å². The smallest absolute Gasteiger partial charge is 0.259 e. The number of carbonyl (C=O) groups is 2. The zero-order chi connectivity index (χ0) is 22.5. The van der Waals surface area contributed by atoms with Crippen molar-refractivity contribution in [1.82, 2.24) is 9.88 Å². The summed E-state index contributed by atoms with van der Waals surface area (Å²) in [6.07, 6.45) is 1.63. The van der Waals surface area contributed by atoms with E-state index in [0.29, 0.717) is 53.8 Å². The summed E-state index contributed by atoms with van der Waals surface area (Å²) in [7, 11) is 1.53. The Morgan fingerprint density at radius 1 is 0.969 bits per heavy atom. The van der Waals surface area contributed by atoms with E-state index in [2.05, 4.69) is 15.2 Å². The first-order valence-electron chi connectivity index (χ1n) is 10.3. The predicted molar refractivity (Wildman–Crippen MR) is 125 cm³/mol. The van der Waals surface area contributed by atoms with Gasteiger partial charge in [0.15, 0.2) is 0 Å². The summed E-state index contributed by atoms with van der Waals surface area (Å²) in [5, 5.41) is 3.46. The van der Waals surface area contributed by atoms with Gasteiger partial charge in [-0.3, -0.25) is 9.59 Å². The van der Waals surface area contributed by atoms with E-state index in [1.807, 2.05) is 23.1 Å². The zero-order valence-corrected chi connectivity index (χ0v) is 18.4. The number of carbonyl (C=O) groups excluding carboxylic acids is 2. The van der Waals surface area contributed by atoms with Crippen molar-refractivity contribution in [2.24, 2.45) is 0 Å². The van der Waals surface area contributed by atoms with Gasteiger partial charge in [-0.15, -0.1) is 0 Å². The molecule has 1 fully saturated rings. The molecule has 0 saturated carbocycles. The Morgan fingerprint density at radius 2 is 1.69 bits per heavy atom. The molecule has 0 atom stereocenters. The summed E-state index contributed by atoms with van der Waals surface area (Å²) in [4.78, 5) is 33.7. The van der Waals surface area contributed by atoms with Crippen LogP contribution in [0.3, 0.4) is 0 Å². The number of methoxy groups -OCH3 is 1. The first kappa shape index (κ1) is 21.6. The first-order valence-corrected chi connectivity index (χ1v) is 10.6. The Bertz CT molecular complexity index is 1090. The molecule has 32 heavy (non-hydrogen) atoms. The monoisotopic (exact) mass is 450 g/mol. The standard InChI is InChI=1S/C24H23ClN4O3/c1-32-21-5-3-2-4-20(21)23(30)27-19-10-11-22(26-16-19)28-12-14-29(15-13-28)24(31)17-6-8-18(25)9-7-17/h2-11,16H,12-15H2,1H3,(H,27,30). The molecule has 8 heteroatoms. The fourth-order valence-corrected chi connectivity index (χ4v) is 3.72. The lowest BCUT2D eigenvalue weighted by molar-refractivity contribution is 0.0746. The number of halogens is 1. The third-order valence-electron chi connectivity index (χ3n) is 5.34. The Hall–Kier alpha value is -3.58. The highest BCUT2D eigenvalue weighted by Crippen LogP contribution is 2.21. The second-order valence-corrected chi connectivity index (χ2v) is 7.78. The van der Waals surface area contributed by atoms with Crippen molar-refractivity contribution in [3.63, 3.8) is 0 Å². The molecule has 1 saturated heterocycles. The Balaban J connectivity index is 1.34. The third kappa shape index (κ3) is 4.84. The maximum Gasteiger partial charge on any atom is 0.259 e. The van der Waals surface area contributed by atoms with Crippen molar-refractivity contribution >= 4 is 34.9 Å². The number of nitrogens with zero attached hydrogens (tertiary/aromatic N) is 3. The van der Waals surface area contributed by atoms with Crippen molar-refractivity contribution < 1.29 is 14.3 Å². The molecular weight excluding hydrogens is 428 g/mol. The Morgan fingerprint density at radius 3 is 2.34 bits per heavy atom. The topological polar surface area (TPSA) is 74.8 Å². The minimum atomic E-state index is -0.258. The van der Waals surface area contributed by atoms with Crippen molar-refractivity contribution in [1.29, 1.82) is 0 Å². The van der Waals surface area contributed by atoms with Crippen LogP contribution in [0.5, 0.6) is 5.75 Å². The van der Waals surface area contributed by atoms with Crippen LogP contribution < -0.4 is 15.0 Å². The SMILES string of the molecule is COc1ccccc1C(=O)Nc1ccc(N2CCN(C(=O)c3ccc(Cl)cc3)CC2)nc1. The number of hydrogen-bond donors (Lipinski definition) is 1. The fourth-order valence-electron chi connectivity index (χ4n) is 3.59. The number of nitrogens with one attached hydrogen (secondary N) is 1. The molecule has 4 rings (SSSR count). The van der Waals surface area contributed by atoms with E-state index in [1.165, 1.54) is 7.11 Å². The number of ether oxygens (including phenoxy) is 1. The number of aromatic nitrogens is 1. The molecule has 0 aliphatic carbocycles. The minimum Gasteiger partial charge on any atom is -0.496 e. The molecule has 2 aromatic carbocycles. The molecule has 2 heterocycles. The highest BCUT2D eigenvalue weighted by Gasteiger charge is 2.23. The van der Waals surface area contributed by atoms with E-state index < -0.39 is 0 Å². The number of hydrogen-bond acceptors (Lipinski definition) is 5. The summed E-state index contributed by atoms with van der Waals surface area (Å²) in [5.41, 5.74) is 1.69. The maximum absolute atomic E-state index is 12.7. The molecular formula is C24H23ClN4O3. The second kappa shape index (κ2) is 9.70. The van der Waals surface area contributed by atoms with Crippen LogP contribution in [0.4, 0.5) is 11.5 Å². The number of para-hydroxylation sites is 1. The van der Waals surface area contributed by atoms with Crippen molar-refractivity contribution in [3.8, 4) is 5.75 Å². The summed E-state index contributed by atoms with van der Waals surface area (Å²) < 4.78 is 5.24. The van der Waals surface area contributed by atoms with Crippen molar-refractivity contribution in [2.45, 2.75) is 0 Å². The van der Waals surface area contributed by atoms with E-state index in [-0.39, 0.29) is 11.8 Å². The molecule has 7 nitrogen and oxygen atoms in total. The molecule has 3 aromatic rings. The molecule has 1 aliphatic rings. The number of pyridine rings is 1. The molecule has 1 aliphatic heterocycles. The molecule has 2 amide bonds. The average Bonchev–Trinajstić information content (AvgIpc) is 2.84. The Labute approximate surface area is 191 Å². The van der Waals surface area contributed by atoms with Gasteiger partial charge in [-0.1, -0.05) is 23.7 Å². The zero-order valence-electron chi connectivity index (χ0n) is 17.6. The van der Waals surface area contributed by atoms with Gasteiger partial charge in [0.1, 0.15) is 11.6 Å². The fraction of sp³-hybridized carbons (Fsp3) is 0.208. The number of amides is 2. The number of rotatable bonds is 5. The van der Waals surface area contributed by atoms with Crippen LogP contribution >= 0.6 is 11.6 Å². The van der Waals surface area contributed by atoms with E-state index in [1.54, 1.807) is 48.7 Å². The Kier molecular flexibility index (Phi) is 6.56. The lowest BCUT2D eigenvalue weighted by atomic mass is 10.2. The van der Waals surface area contributed by atoms with E-state index >= 15 is 0 Å². The second-order valence-electron chi connectivity index (χ2n) is 7.35. The van der Waals surface area contributed by atoms with Crippen LogP contribution in [-0.2, 0) is 0 Å². The van der Waals surface area contributed by atoms with E-state index in [9.17, 15) is 9.59 Å². The molecule has 164 valence electrons. The normalized spacial score (nSPS) is 13.6. The van der Waals surface area contributed by atoms with Gasteiger partial charge in [-0.25, -0.2) is 4.98 Å². The van der Waals surface area contributed by atoms with Gasteiger partial charge >= 0.3 is 0 Å². The van der Waals surface area contributed by atoms with Gasteiger partial charge in [0.25, 0.3) is 11.8 Å². The average molecular weight is 451 g/mol. The molecule has 1 aromatic heterocycles. The number of anilines is 2. The third-order valence-corrected chi connectivity index (χ3v) is 5.59. The molecule has 1 N–H and O–H groups in total. The summed E-state index contributed by atoms with van der Waals surface area (Å²) in [6.45, 7) is 2.57. The van der Waals surface area contributed by atoms with Crippen molar-refractivity contribution in [3.05, 3.63) is 83.0 Å².